The van der Waals surface area contributed by atoms with E-state index in [0.717, 1.165) is 0 Å². The SMILES string of the molecule is CC(=N)N.O=C(O)c1ccccc1O.O=C(O)c1ccccc1O. The van der Waals surface area contributed by atoms with Crippen molar-refractivity contribution < 1.29 is 30.0 Å². The van der Waals surface area contributed by atoms with Gasteiger partial charge in [-0.05, 0) is 31.2 Å². The number of aromatic carboxylic acids is 2. The van der Waals surface area contributed by atoms with E-state index in [1.165, 1.54) is 31.2 Å². The molecule has 0 amide bonds. The molecule has 2 aromatic rings. The van der Waals surface area contributed by atoms with Crippen LogP contribution in [0.1, 0.15) is 27.6 Å². The Balaban J connectivity index is 0.000000363. The molecule has 0 spiro atoms. The lowest BCUT2D eigenvalue weighted by Crippen LogP contribution is -2.00. The topological polar surface area (TPSA) is 165 Å². The first-order valence-electron chi connectivity index (χ1n) is 6.50. The van der Waals surface area contributed by atoms with E-state index in [2.05, 4.69) is 0 Å². The quantitative estimate of drug-likeness (QED) is 0.361. The van der Waals surface area contributed by atoms with Gasteiger partial charge in [-0.25, -0.2) is 9.59 Å². The molecule has 2 aromatic carbocycles. The van der Waals surface area contributed by atoms with Crippen molar-refractivity contribution in [1.29, 1.82) is 5.41 Å². The van der Waals surface area contributed by atoms with Crippen LogP contribution in [0.4, 0.5) is 0 Å². The molecule has 7 N–H and O–H groups in total. The third kappa shape index (κ3) is 8.03. The molecule has 0 aliphatic carbocycles. The van der Waals surface area contributed by atoms with Crippen molar-refractivity contribution in [3.8, 4) is 11.5 Å². The van der Waals surface area contributed by atoms with E-state index in [4.69, 9.17) is 31.6 Å². The number of nitrogens with one attached hydrogen (secondary N) is 1. The summed E-state index contributed by atoms with van der Waals surface area (Å²) in [5.74, 6) is -2.46. The Hall–Kier alpha value is -3.55. The minimum atomic E-state index is -1.11. The summed E-state index contributed by atoms with van der Waals surface area (Å²) in [7, 11) is 0. The van der Waals surface area contributed by atoms with Crippen LogP contribution in [-0.4, -0.2) is 38.2 Å². The fourth-order valence-corrected chi connectivity index (χ4v) is 1.31. The second kappa shape index (κ2) is 10.2. The molecular formula is C16H18N2O6. The molecule has 8 nitrogen and oxygen atoms in total. The zero-order chi connectivity index (χ0) is 18.7. The zero-order valence-electron chi connectivity index (χ0n) is 12.8. The molecule has 0 aromatic heterocycles. The van der Waals surface area contributed by atoms with Gasteiger partial charge in [0.25, 0.3) is 0 Å². The number of carboxylic acid groups (broad SMARTS) is 2. The van der Waals surface area contributed by atoms with E-state index in [9.17, 15) is 9.59 Å². The molecule has 0 unspecified atom stereocenters. The minimum Gasteiger partial charge on any atom is -0.507 e. The lowest BCUT2D eigenvalue weighted by atomic mass is 10.2. The van der Waals surface area contributed by atoms with Gasteiger partial charge in [-0.2, -0.15) is 0 Å². The van der Waals surface area contributed by atoms with E-state index >= 15 is 0 Å². The first kappa shape index (κ1) is 20.5. The van der Waals surface area contributed by atoms with Crippen LogP contribution in [0.3, 0.4) is 0 Å². The Bertz CT molecular complexity index is 656. The van der Waals surface area contributed by atoms with Crippen LogP contribution in [-0.2, 0) is 0 Å². The number of amidine groups is 1. The summed E-state index contributed by atoms with van der Waals surface area (Å²) in [6, 6.07) is 11.6. The molecular weight excluding hydrogens is 316 g/mol. The van der Waals surface area contributed by atoms with E-state index in [-0.39, 0.29) is 28.5 Å². The maximum Gasteiger partial charge on any atom is 0.339 e. The van der Waals surface area contributed by atoms with Crippen molar-refractivity contribution in [1.82, 2.24) is 0 Å². The van der Waals surface area contributed by atoms with Crippen LogP contribution in [0.15, 0.2) is 48.5 Å². The number of rotatable bonds is 2. The summed E-state index contributed by atoms with van der Waals surface area (Å²) in [5, 5.41) is 40.9. The minimum absolute atomic E-state index is 0.0671. The van der Waals surface area contributed by atoms with E-state index in [1.54, 1.807) is 24.3 Å². The van der Waals surface area contributed by atoms with Gasteiger partial charge in [0, 0.05) is 0 Å². The summed E-state index contributed by atoms with van der Waals surface area (Å²) < 4.78 is 0. The maximum atomic E-state index is 10.3. The molecule has 0 saturated carbocycles. The van der Waals surface area contributed by atoms with Crippen molar-refractivity contribution in [2.24, 2.45) is 5.73 Å². The van der Waals surface area contributed by atoms with Crippen LogP contribution >= 0.6 is 0 Å². The summed E-state index contributed by atoms with van der Waals surface area (Å²) in [4.78, 5) is 20.5. The van der Waals surface area contributed by atoms with Crippen LogP contribution in [0.2, 0.25) is 0 Å². The van der Waals surface area contributed by atoms with Crippen LogP contribution < -0.4 is 5.73 Å². The number of aromatic hydroxyl groups is 2. The van der Waals surface area contributed by atoms with E-state index in [1.807, 2.05) is 0 Å². The fourth-order valence-electron chi connectivity index (χ4n) is 1.31. The summed E-state index contributed by atoms with van der Waals surface area (Å²) >= 11 is 0. The summed E-state index contributed by atoms with van der Waals surface area (Å²) in [6.07, 6.45) is 0. The molecule has 24 heavy (non-hydrogen) atoms. The monoisotopic (exact) mass is 334 g/mol. The number of phenols is 2. The number of para-hydroxylation sites is 2. The van der Waals surface area contributed by atoms with Crippen molar-refractivity contribution in [2.75, 3.05) is 0 Å². The van der Waals surface area contributed by atoms with Crippen molar-refractivity contribution in [3.05, 3.63) is 59.7 Å². The lowest BCUT2D eigenvalue weighted by molar-refractivity contribution is 0.0682. The second-order valence-electron chi connectivity index (χ2n) is 4.33. The Morgan fingerprint density at radius 2 is 1.08 bits per heavy atom. The molecule has 128 valence electrons. The van der Waals surface area contributed by atoms with Gasteiger partial charge in [0.15, 0.2) is 0 Å². The van der Waals surface area contributed by atoms with Crippen LogP contribution in [0, 0.1) is 5.41 Å². The van der Waals surface area contributed by atoms with E-state index in [0.29, 0.717) is 0 Å². The molecule has 0 saturated heterocycles. The highest BCUT2D eigenvalue weighted by Crippen LogP contribution is 2.15. The van der Waals surface area contributed by atoms with Gasteiger partial charge in [-0.15, -0.1) is 0 Å². The highest BCUT2D eigenvalue weighted by atomic mass is 16.4. The van der Waals surface area contributed by atoms with Gasteiger partial charge in [0.2, 0.25) is 0 Å². The molecule has 0 atom stereocenters. The average molecular weight is 334 g/mol. The Morgan fingerprint density at radius 1 is 0.833 bits per heavy atom. The Labute approximate surface area is 137 Å². The van der Waals surface area contributed by atoms with E-state index < -0.39 is 11.9 Å². The second-order valence-corrected chi connectivity index (χ2v) is 4.33. The maximum absolute atomic E-state index is 10.3. The first-order chi connectivity index (χ1) is 11.2. The third-order valence-electron chi connectivity index (χ3n) is 2.27. The number of nitrogens with two attached hydrogens (primary N) is 1. The van der Waals surface area contributed by atoms with Gasteiger partial charge in [0.1, 0.15) is 22.6 Å². The van der Waals surface area contributed by atoms with Crippen molar-refractivity contribution >= 4 is 17.8 Å². The molecule has 0 heterocycles. The normalized spacial score (nSPS) is 8.71. The first-order valence-corrected chi connectivity index (χ1v) is 6.50. The Morgan fingerprint density at radius 3 is 1.25 bits per heavy atom. The number of hydrogen-bond donors (Lipinski definition) is 6. The van der Waals surface area contributed by atoms with Crippen molar-refractivity contribution in [3.63, 3.8) is 0 Å². The lowest BCUT2D eigenvalue weighted by Gasteiger charge is -1.95. The predicted octanol–water partition coefficient (Wildman–Crippen LogP) is 2.12. The predicted molar refractivity (Wildman–Crippen MR) is 87.7 cm³/mol. The summed E-state index contributed by atoms with van der Waals surface area (Å²) in [6.45, 7) is 1.53. The number of benzene rings is 2. The van der Waals surface area contributed by atoms with Gasteiger partial charge < -0.3 is 26.2 Å². The Kier molecular flexibility index (Phi) is 8.71. The van der Waals surface area contributed by atoms with Gasteiger partial charge >= 0.3 is 11.9 Å². The molecule has 8 heteroatoms. The molecule has 0 radical (unpaired) electrons. The zero-order valence-corrected chi connectivity index (χ0v) is 12.8. The average Bonchev–Trinajstić information content (AvgIpc) is 2.47. The fraction of sp³-hybridized carbons (Fsp3) is 0.0625. The highest BCUT2D eigenvalue weighted by Gasteiger charge is 2.06. The van der Waals surface area contributed by atoms with Gasteiger partial charge in [0.05, 0.1) is 5.84 Å². The molecule has 0 aliphatic rings. The van der Waals surface area contributed by atoms with Crippen LogP contribution in [0.5, 0.6) is 11.5 Å². The molecule has 0 aliphatic heterocycles. The number of hydrogen-bond acceptors (Lipinski definition) is 5. The van der Waals surface area contributed by atoms with Crippen LogP contribution in [0.25, 0.3) is 0 Å². The highest BCUT2D eigenvalue weighted by molar-refractivity contribution is 5.91. The van der Waals surface area contributed by atoms with Gasteiger partial charge in [-0.1, -0.05) is 24.3 Å². The summed E-state index contributed by atoms with van der Waals surface area (Å²) in [5.41, 5.74) is 4.56. The smallest absolute Gasteiger partial charge is 0.339 e. The largest absolute Gasteiger partial charge is 0.507 e. The number of carboxylic acids is 2. The third-order valence-corrected chi connectivity index (χ3v) is 2.27. The molecule has 0 fully saturated rings. The van der Waals surface area contributed by atoms with Crippen molar-refractivity contribution in [2.45, 2.75) is 6.92 Å². The number of carbonyl (C=O) groups is 2. The molecule has 0 bridgehead atoms. The molecule has 2 rings (SSSR count). The standard InChI is InChI=1S/2C7H6O3.C2H6N2/c2*8-6-4-2-1-3-5(6)7(9)10;1-2(3)4/h2*1-4,8H,(H,9,10);1H3,(H3,3,4). The van der Waals surface area contributed by atoms with Gasteiger partial charge in [-0.3, -0.25) is 5.41 Å².